The number of halogens is 3. The number of allylic oxidation sites excluding steroid dienone is 3. The molecular formula is C24H31F3N6OSSe. The van der Waals surface area contributed by atoms with Crippen molar-refractivity contribution in [3.05, 3.63) is 50.3 Å². The average molecular weight is 588 g/mol. The van der Waals surface area contributed by atoms with E-state index in [0.717, 1.165) is 36.8 Å². The van der Waals surface area contributed by atoms with Gasteiger partial charge in [0.2, 0.25) is 0 Å². The van der Waals surface area contributed by atoms with E-state index >= 15 is 0 Å². The molecule has 1 aromatic heterocycles. The van der Waals surface area contributed by atoms with Crippen molar-refractivity contribution in [2.45, 2.75) is 50.8 Å². The van der Waals surface area contributed by atoms with Crippen LogP contribution < -0.4 is 16.1 Å². The number of hydrogen-bond donors (Lipinski definition) is 3. The van der Waals surface area contributed by atoms with Crippen LogP contribution in [0.4, 0.5) is 13.2 Å². The topological polar surface area (TPSA) is 72.5 Å². The number of amides is 1. The molecule has 3 N–H and O–H groups in total. The minimum absolute atomic E-state index is 0.0297. The Morgan fingerprint density at radius 2 is 2.06 bits per heavy atom. The van der Waals surface area contributed by atoms with Crippen molar-refractivity contribution < 1.29 is 18.0 Å². The standard InChI is InChI=1S/C22H25F3N6OSSe.C2H6/c1-14-27-13-18(33-14)21(32)26-10-4-5-16-20(34-22(23,24)25)17-6-3-7-19(31(17)29-16)28-15-8-11-30(2)12-9-15;1-2/h3,6-7,13,15-16,28-29H,8-12H2,1-2H3,(H,26,32);1-2H3. The SMILES string of the molecule is CC.Cc1ncc(C(=O)NCC#CC2NN3C(NC4CCN(C)CC4)=CC=CC3=C2[Se]C(F)(F)F)s1. The fourth-order valence-electron chi connectivity index (χ4n) is 3.82. The van der Waals surface area contributed by atoms with Crippen LogP contribution in [0.1, 0.15) is 41.4 Å². The molecule has 0 radical (unpaired) electrons. The van der Waals surface area contributed by atoms with E-state index in [1.54, 1.807) is 24.1 Å². The molecule has 4 rings (SSSR count). The molecule has 3 aliphatic rings. The van der Waals surface area contributed by atoms with Gasteiger partial charge in [-0.2, -0.15) is 0 Å². The van der Waals surface area contributed by atoms with E-state index in [0.29, 0.717) is 10.6 Å². The van der Waals surface area contributed by atoms with Crippen LogP contribution in [0.2, 0.25) is 0 Å². The van der Waals surface area contributed by atoms with Crippen molar-refractivity contribution >= 4 is 32.2 Å². The number of hydrazine groups is 1. The van der Waals surface area contributed by atoms with Gasteiger partial charge in [0.25, 0.3) is 0 Å². The van der Waals surface area contributed by atoms with Crippen LogP contribution in [0, 0.1) is 18.8 Å². The summed E-state index contributed by atoms with van der Waals surface area (Å²) in [7, 11) is 2.08. The van der Waals surface area contributed by atoms with E-state index in [4.69, 9.17) is 0 Å². The third-order valence-electron chi connectivity index (χ3n) is 5.49. The van der Waals surface area contributed by atoms with Gasteiger partial charge in [-0.1, -0.05) is 13.8 Å². The number of thiazole rings is 1. The number of carbonyl (C=O) groups excluding carboxylic acids is 1. The summed E-state index contributed by atoms with van der Waals surface area (Å²) in [5.74, 6) is 6.12. The molecule has 0 aromatic carbocycles. The van der Waals surface area contributed by atoms with Gasteiger partial charge in [-0.25, -0.2) is 0 Å². The molecule has 1 unspecified atom stereocenters. The summed E-state index contributed by atoms with van der Waals surface area (Å²) in [5, 5.41) is 4.31. The molecular weight excluding hydrogens is 556 g/mol. The molecule has 0 aliphatic carbocycles. The predicted molar refractivity (Wildman–Crippen MR) is 137 cm³/mol. The van der Waals surface area contributed by atoms with Crippen LogP contribution in [0.15, 0.2) is 40.4 Å². The van der Waals surface area contributed by atoms with E-state index in [2.05, 4.69) is 44.8 Å². The zero-order chi connectivity index (χ0) is 26.3. The summed E-state index contributed by atoms with van der Waals surface area (Å²) in [4.78, 5) is 18.9. The number of nitrogens with one attached hydrogen (secondary N) is 3. The van der Waals surface area contributed by atoms with Gasteiger partial charge in [-0.3, -0.25) is 0 Å². The van der Waals surface area contributed by atoms with E-state index < -0.39 is 26.1 Å². The Balaban J connectivity index is 0.00000176. The summed E-state index contributed by atoms with van der Waals surface area (Å²) < 4.78 is 40.5. The Hall–Kier alpha value is -2.29. The molecule has 7 nitrogen and oxygen atoms in total. The maximum atomic E-state index is 13.4. The first kappa shape index (κ1) is 28.3. The molecule has 196 valence electrons. The number of aromatic nitrogens is 1. The monoisotopic (exact) mass is 588 g/mol. The number of nitrogens with zero attached hydrogens (tertiary/aromatic N) is 3. The number of piperidine rings is 1. The zero-order valence-electron chi connectivity index (χ0n) is 20.7. The first-order valence-electron chi connectivity index (χ1n) is 11.8. The molecule has 1 amide bonds. The first-order valence-corrected chi connectivity index (χ1v) is 14.3. The summed E-state index contributed by atoms with van der Waals surface area (Å²) in [5.41, 5.74) is 3.61. The summed E-state index contributed by atoms with van der Waals surface area (Å²) in [6, 6.07) is -0.533. The minimum atomic E-state index is -4.30. The normalized spacial score (nSPS) is 20.1. The second-order valence-corrected chi connectivity index (χ2v) is 11.6. The molecule has 36 heavy (non-hydrogen) atoms. The van der Waals surface area contributed by atoms with Gasteiger partial charge in [0.15, 0.2) is 0 Å². The Morgan fingerprint density at radius 3 is 2.69 bits per heavy atom. The molecule has 1 fully saturated rings. The van der Waals surface area contributed by atoms with Gasteiger partial charge >= 0.3 is 207 Å². The van der Waals surface area contributed by atoms with E-state index in [-0.39, 0.29) is 23.0 Å². The molecule has 0 bridgehead atoms. The number of likely N-dealkylation sites (tertiary alicyclic amines) is 1. The molecule has 0 saturated carbocycles. The van der Waals surface area contributed by atoms with Crippen molar-refractivity contribution in [3.8, 4) is 11.8 Å². The van der Waals surface area contributed by atoms with E-state index in [9.17, 15) is 18.0 Å². The van der Waals surface area contributed by atoms with Gasteiger partial charge in [0, 0.05) is 0 Å². The van der Waals surface area contributed by atoms with Crippen LogP contribution in [0.25, 0.3) is 0 Å². The number of fused-ring (bicyclic) bond motifs is 1. The van der Waals surface area contributed by atoms with Gasteiger partial charge in [-0.05, 0) is 0 Å². The molecule has 1 saturated heterocycles. The number of aryl methyl sites for hydroxylation is 1. The Morgan fingerprint density at radius 1 is 1.33 bits per heavy atom. The van der Waals surface area contributed by atoms with Crippen LogP contribution in [0.5, 0.6) is 0 Å². The van der Waals surface area contributed by atoms with Crippen LogP contribution in [-0.4, -0.2) is 79.6 Å². The zero-order valence-corrected chi connectivity index (χ0v) is 23.2. The summed E-state index contributed by atoms with van der Waals surface area (Å²) in [6.07, 6.45) is 8.73. The fraction of sp³-hybridized carbons (Fsp3) is 0.500. The molecule has 3 aliphatic heterocycles. The van der Waals surface area contributed by atoms with Crippen LogP contribution in [0.3, 0.4) is 0 Å². The maximum absolute atomic E-state index is 13.4. The number of carbonyl (C=O) groups is 1. The molecule has 4 heterocycles. The van der Waals surface area contributed by atoms with Gasteiger partial charge in [0.05, 0.1) is 0 Å². The quantitative estimate of drug-likeness (QED) is 0.364. The Bertz CT molecular complexity index is 1080. The van der Waals surface area contributed by atoms with Crippen molar-refractivity contribution in [1.82, 2.24) is 31.0 Å². The molecule has 0 spiro atoms. The Labute approximate surface area is 220 Å². The van der Waals surface area contributed by atoms with Crippen molar-refractivity contribution in [2.24, 2.45) is 0 Å². The van der Waals surface area contributed by atoms with E-state index in [1.807, 2.05) is 19.9 Å². The third kappa shape index (κ3) is 7.60. The predicted octanol–water partition coefficient (Wildman–Crippen LogP) is 2.93. The second kappa shape index (κ2) is 12.8. The van der Waals surface area contributed by atoms with Gasteiger partial charge in [0.1, 0.15) is 0 Å². The van der Waals surface area contributed by atoms with Crippen molar-refractivity contribution in [1.29, 1.82) is 0 Å². The van der Waals surface area contributed by atoms with E-state index in [1.165, 1.54) is 17.5 Å². The fourth-order valence-corrected chi connectivity index (χ4v) is 6.07. The molecule has 12 heteroatoms. The summed E-state index contributed by atoms with van der Waals surface area (Å²) >= 11 is -0.473. The van der Waals surface area contributed by atoms with Crippen LogP contribution in [-0.2, 0) is 0 Å². The second-order valence-electron chi connectivity index (χ2n) is 8.08. The van der Waals surface area contributed by atoms with Crippen molar-refractivity contribution in [3.63, 3.8) is 0 Å². The van der Waals surface area contributed by atoms with Crippen LogP contribution >= 0.6 is 11.3 Å². The average Bonchev–Trinajstić information content (AvgIpc) is 3.43. The van der Waals surface area contributed by atoms with Gasteiger partial charge < -0.3 is 0 Å². The van der Waals surface area contributed by atoms with Gasteiger partial charge in [-0.15, -0.1) is 0 Å². The Kier molecular flexibility index (Phi) is 10.0. The third-order valence-corrected chi connectivity index (χ3v) is 8.28. The number of rotatable bonds is 5. The number of alkyl halides is 3. The number of hydrogen-bond acceptors (Lipinski definition) is 7. The first-order chi connectivity index (χ1) is 17.2. The molecule has 1 atom stereocenters. The molecule has 1 aromatic rings. The summed E-state index contributed by atoms with van der Waals surface area (Å²) in [6.45, 7) is 7.78. The van der Waals surface area contributed by atoms with Crippen molar-refractivity contribution in [2.75, 3.05) is 26.7 Å².